The highest BCUT2D eigenvalue weighted by Crippen LogP contribution is 2.38. The number of nitrogens with zero attached hydrogens (tertiary/aromatic N) is 4. The van der Waals surface area contributed by atoms with Crippen LogP contribution in [0, 0.1) is 6.92 Å². The monoisotopic (exact) mass is 277 g/mol. The van der Waals surface area contributed by atoms with Crippen LogP contribution in [0.25, 0.3) is 0 Å². The van der Waals surface area contributed by atoms with E-state index in [9.17, 15) is 0 Å². The SMILES string of the molecule is Cc1nc(Cc2noc(C3CCCCC3(C)N)n2)no1. The van der Waals surface area contributed by atoms with Gasteiger partial charge in [0.1, 0.15) is 0 Å². The molecule has 0 bridgehead atoms. The number of rotatable bonds is 3. The molecule has 2 atom stereocenters. The molecule has 7 heteroatoms. The van der Waals surface area contributed by atoms with Crippen LogP contribution < -0.4 is 5.73 Å². The van der Waals surface area contributed by atoms with E-state index in [1.807, 2.05) is 0 Å². The second kappa shape index (κ2) is 4.97. The normalized spacial score (nSPS) is 26.9. The van der Waals surface area contributed by atoms with E-state index < -0.39 is 0 Å². The molecule has 1 fully saturated rings. The molecule has 2 aromatic heterocycles. The average molecular weight is 277 g/mol. The van der Waals surface area contributed by atoms with Gasteiger partial charge >= 0.3 is 0 Å². The molecule has 0 saturated heterocycles. The molecular formula is C13H19N5O2. The van der Waals surface area contributed by atoms with Crippen molar-refractivity contribution >= 4 is 0 Å². The lowest BCUT2D eigenvalue weighted by molar-refractivity contribution is 0.223. The molecule has 2 aromatic rings. The van der Waals surface area contributed by atoms with E-state index in [1.165, 1.54) is 0 Å². The summed E-state index contributed by atoms with van der Waals surface area (Å²) in [7, 11) is 0. The molecule has 1 aliphatic carbocycles. The molecule has 1 saturated carbocycles. The fraction of sp³-hybridized carbons (Fsp3) is 0.692. The van der Waals surface area contributed by atoms with Crippen LogP contribution in [0.1, 0.15) is 62.0 Å². The topological polar surface area (TPSA) is 104 Å². The Hall–Kier alpha value is -1.76. The van der Waals surface area contributed by atoms with Crippen molar-refractivity contribution in [3.8, 4) is 0 Å². The van der Waals surface area contributed by atoms with Crippen LogP contribution in [-0.4, -0.2) is 25.8 Å². The molecule has 3 rings (SSSR count). The first-order chi connectivity index (χ1) is 9.54. The summed E-state index contributed by atoms with van der Waals surface area (Å²) in [4.78, 5) is 8.59. The van der Waals surface area contributed by atoms with Gasteiger partial charge in [0, 0.05) is 12.5 Å². The summed E-state index contributed by atoms with van der Waals surface area (Å²) in [5.74, 6) is 2.43. The van der Waals surface area contributed by atoms with Gasteiger partial charge < -0.3 is 14.8 Å². The lowest BCUT2D eigenvalue weighted by Crippen LogP contribution is -2.44. The smallest absolute Gasteiger partial charge is 0.231 e. The largest absolute Gasteiger partial charge is 0.340 e. The van der Waals surface area contributed by atoms with Crippen LogP contribution >= 0.6 is 0 Å². The Labute approximate surface area is 116 Å². The van der Waals surface area contributed by atoms with Crippen molar-refractivity contribution in [2.45, 2.75) is 57.4 Å². The van der Waals surface area contributed by atoms with Gasteiger partial charge in [0.25, 0.3) is 0 Å². The van der Waals surface area contributed by atoms with Gasteiger partial charge in [-0.05, 0) is 19.8 Å². The number of nitrogens with two attached hydrogens (primary N) is 1. The maximum absolute atomic E-state index is 6.35. The Morgan fingerprint density at radius 2 is 1.95 bits per heavy atom. The van der Waals surface area contributed by atoms with Gasteiger partial charge in [-0.25, -0.2) is 0 Å². The molecular weight excluding hydrogens is 258 g/mol. The summed E-state index contributed by atoms with van der Waals surface area (Å²) in [6.45, 7) is 3.81. The Morgan fingerprint density at radius 1 is 1.20 bits per heavy atom. The maximum atomic E-state index is 6.35. The summed E-state index contributed by atoms with van der Waals surface area (Å²) in [6, 6.07) is 0. The molecule has 7 nitrogen and oxygen atoms in total. The van der Waals surface area contributed by atoms with Crippen molar-refractivity contribution in [3.05, 3.63) is 23.4 Å². The van der Waals surface area contributed by atoms with E-state index in [-0.39, 0.29) is 11.5 Å². The zero-order chi connectivity index (χ0) is 14.2. The number of hydrogen-bond acceptors (Lipinski definition) is 7. The highest BCUT2D eigenvalue weighted by atomic mass is 16.5. The fourth-order valence-corrected chi connectivity index (χ4v) is 2.80. The second-order valence-corrected chi connectivity index (χ2v) is 5.76. The highest BCUT2D eigenvalue weighted by Gasteiger charge is 2.37. The maximum Gasteiger partial charge on any atom is 0.231 e. The predicted octanol–water partition coefficient (Wildman–Crippen LogP) is 1.73. The van der Waals surface area contributed by atoms with E-state index in [4.69, 9.17) is 14.8 Å². The number of aryl methyl sites for hydroxylation is 1. The molecule has 108 valence electrons. The molecule has 0 radical (unpaired) electrons. The minimum atomic E-state index is -0.273. The molecule has 2 heterocycles. The molecule has 0 spiro atoms. The van der Waals surface area contributed by atoms with E-state index in [0.29, 0.717) is 29.9 Å². The van der Waals surface area contributed by atoms with Crippen LogP contribution in [0.4, 0.5) is 0 Å². The second-order valence-electron chi connectivity index (χ2n) is 5.76. The first-order valence-electron chi connectivity index (χ1n) is 6.95. The molecule has 2 N–H and O–H groups in total. The van der Waals surface area contributed by atoms with Crippen molar-refractivity contribution in [2.24, 2.45) is 5.73 Å². The summed E-state index contributed by atoms with van der Waals surface area (Å²) < 4.78 is 10.3. The lowest BCUT2D eigenvalue weighted by Gasteiger charge is -2.35. The predicted molar refractivity (Wildman–Crippen MR) is 69.9 cm³/mol. The first-order valence-corrected chi connectivity index (χ1v) is 6.95. The summed E-state index contributed by atoms with van der Waals surface area (Å²) in [6.07, 6.45) is 4.70. The zero-order valence-corrected chi connectivity index (χ0v) is 11.8. The lowest BCUT2D eigenvalue weighted by atomic mass is 9.74. The van der Waals surface area contributed by atoms with E-state index in [2.05, 4.69) is 27.2 Å². The van der Waals surface area contributed by atoms with Crippen LogP contribution in [-0.2, 0) is 6.42 Å². The minimum absolute atomic E-state index is 0.129. The highest BCUT2D eigenvalue weighted by molar-refractivity contribution is 5.08. The number of aromatic nitrogens is 4. The van der Waals surface area contributed by atoms with Crippen molar-refractivity contribution in [1.82, 2.24) is 20.3 Å². The average Bonchev–Trinajstić information content (AvgIpc) is 2.99. The van der Waals surface area contributed by atoms with Gasteiger partial charge in [-0.3, -0.25) is 0 Å². The number of hydrogen-bond donors (Lipinski definition) is 1. The van der Waals surface area contributed by atoms with E-state index in [0.717, 1.165) is 25.7 Å². The van der Waals surface area contributed by atoms with Crippen LogP contribution in [0.15, 0.2) is 9.05 Å². The minimum Gasteiger partial charge on any atom is -0.340 e. The molecule has 20 heavy (non-hydrogen) atoms. The van der Waals surface area contributed by atoms with Gasteiger partial charge in [-0.15, -0.1) is 0 Å². The fourth-order valence-electron chi connectivity index (χ4n) is 2.80. The van der Waals surface area contributed by atoms with Gasteiger partial charge in [0.15, 0.2) is 11.6 Å². The van der Waals surface area contributed by atoms with Gasteiger partial charge in [-0.1, -0.05) is 23.2 Å². The molecule has 1 aliphatic rings. The van der Waals surface area contributed by atoms with Crippen LogP contribution in [0.5, 0.6) is 0 Å². The summed E-state index contributed by atoms with van der Waals surface area (Å²) in [5, 5.41) is 7.83. The third-order valence-electron chi connectivity index (χ3n) is 3.92. The van der Waals surface area contributed by atoms with Gasteiger partial charge in [0.05, 0.1) is 12.3 Å². The van der Waals surface area contributed by atoms with Gasteiger partial charge in [-0.2, -0.15) is 9.97 Å². The van der Waals surface area contributed by atoms with Crippen LogP contribution in [0.3, 0.4) is 0 Å². The van der Waals surface area contributed by atoms with Crippen molar-refractivity contribution in [2.75, 3.05) is 0 Å². The molecule has 0 aliphatic heterocycles. The van der Waals surface area contributed by atoms with E-state index >= 15 is 0 Å². The third-order valence-corrected chi connectivity index (χ3v) is 3.92. The molecule has 2 unspecified atom stereocenters. The molecule has 0 amide bonds. The van der Waals surface area contributed by atoms with Crippen molar-refractivity contribution < 1.29 is 9.05 Å². The van der Waals surface area contributed by atoms with Gasteiger partial charge in [0.2, 0.25) is 11.8 Å². The summed E-state index contributed by atoms with van der Waals surface area (Å²) >= 11 is 0. The standard InChI is InChI=1S/C13H19N5O2/c1-8-15-10(17-19-8)7-11-16-12(20-18-11)9-5-3-4-6-13(9,2)14/h9H,3-7,14H2,1-2H3. The Morgan fingerprint density at radius 3 is 2.65 bits per heavy atom. The summed E-state index contributed by atoms with van der Waals surface area (Å²) in [5.41, 5.74) is 6.08. The van der Waals surface area contributed by atoms with Crippen molar-refractivity contribution in [1.29, 1.82) is 0 Å². The zero-order valence-electron chi connectivity index (χ0n) is 11.8. The first kappa shape index (κ1) is 13.2. The van der Waals surface area contributed by atoms with Crippen molar-refractivity contribution in [3.63, 3.8) is 0 Å². The Kier molecular flexibility index (Phi) is 3.29. The van der Waals surface area contributed by atoms with Crippen LogP contribution in [0.2, 0.25) is 0 Å². The molecule has 0 aromatic carbocycles. The van der Waals surface area contributed by atoms with E-state index in [1.54, 1.807) is 6.92 Å². The third kappa shape index (κ3) is 2.58. The Bertz CT molecular complexity index is 589. The quantitative estimate of drug-likeness (QED) is 0.910. The Balaban J connectivity index is 1.76.